The lowest BCUT2D eigenvalue weighted by molar-refractivity contribution is -0.284. The lowest BCUT2D eigenvalue weighted by atomic mass is 9.78. The Hall–Kier alpha value is -1.55. The normalized spacial score (nSPS) is 28.2. The van der Waals surface area contributed by atoms with E-state index in [0.29, 0.717) is 19.3 Å². The van der Waals surface area contributed by atoms with E-state index in [4.69, 9.17) is 9.47 Å². The molecule has 1 amide bonds. The van der Waals surface area contributed by atoms with Gasteiger partial charge in [-0.1, -0.05) is 46.5 Å². The van der Waals surface area contributed by atoms with Crippen LogP contribution in [0.3, 0.4) is 0 Å². The Morgan fingerprint density at radius 2 is 1.55 bits per heavy atom. The first-order chi connectivity index (χ1) is 14.7. The van der Waals surface area contributed by atoms with Gasteiger partial charge in [-0.15, -0.1) is 0 Å². The second-order valence-corrected chi connectivity index (χ2v) is 8.15. The predicted molar refractivity (Wildman–Crippen MR) is 113 cm³/mol. The van der Waals surface area contributed by atoms with Crippen molar-refractivity contribution in [2.24, 2.45) is 0 Å². The number of esters is 1. The van der Waals surface area contributed by atoms with Crippen molar-refractivity contribution >= 4 is 17.7 Å². The van der Waals surface area contributed by atoms with Gasteiger partial charge in [-0.2, -0.15) is 0 Å². The Kier molecular flexibility index (Phi) is 12.2. The van der Waals surface area contributed by atoms with Crippen molar-refractivity contribution < 1.29 is 39.2 Å². The maximum absolute atomic E-state index is 12.9. The average Bonchev–Trinajstić information content (AvgIpc) is 2.73. The highest BCUT2D eigenvalue weighted by Gasteiger charge is 2.59. The lowest BCUT2D eigenvalue weighted by Gasteiger charge is -2.47. The minimum atomic E-state index is -2.43. The van der Waals surface area contributed by atoms with Crippen LogP contribution in [0.1, 0.15) is 85.0 Å². The van der Waals surface area contributed by atoms with E-state index in [1.807, 2.05) is 13.8 Å². The fourth-order valence-corrected chi connectivity index (χ4v) is 3.62. The molecule has 1 heterocycles. The molecule has 1 fully saturated rings. The number of aliphatic hydroxyl groups excluding tert-OH is 2. The molecule has 5 atom stereocenters. The van der Waals surface area contributed by atoms with Gasteiger partial charge in [0.15, 0.2) is 17.7 Å². The van der Waals surface area contributed by atoms with E-state index in [2.05, 4.69) is 5.32 Å². The highest BCUT2D eigenvalue weighted by Crippen LogP contribution is 2.32. The van der Waals surface area contributed by atoms with Gasteiger partial charge in [0.1, 0.15) is 24.9 Å². The standard InChI is InChI=1S/C22H39NO8/c1-4-7-9-12-15(24)22(29)16(14-30-18(26)13-10-8-5-2)31-21(28)19(20(22)27)23-17(25)11-6-3/h16,19-21,27-29H,4-14H2,1-3H3,(H,23,25)/t16-,19-,20-,21?,22-/m1/s1. The fraction of sp³-hybridized carbons (Fsp3) is 0.864. The largest absolute Gasteiger partial charge is 0.463 e. The predicted octanol–water partition coefficient (Wildman–Crippen LogP) is 1.35. The molecule has 0 spiro atoms. The second-order valence-electron chi connectivity index (χ2n) is 8.15. The summed E-state index contributed by atoms with van der Waals surface area (Å²) in [6.45, 7) is 5.27. The highest BCUT2D eigenvalue weighted by atomic mass is 16.6. The van der Waals surface area contributed by atoms with Crippen molar-refractivity contribution in [3.8, 4) is 0 Å². The Balaban J connectivity index is 2.98. The minimum Gasteiger partial charge on any atom is -0.463 e. The number of hydrogen-bond acceptors (Lipinski definition) is 8. The number of amides is 1. The number of Topliss-reactive ketones (excluding diaryl/α,β-unsaturated/α-hetero) is 1. The quantitative estimate of drug-likeness (QED) is 0.232. The van der Waals surface area contributed by atoms with Crippen molar-refractivity contribution in [2.75, 3.05) is 6.61 Å². The van der Waals surface area contributed by atoms with E-state index in [-0.39, 0.29) is 19.3 Å². The van der Waals surface area contributed by atoms with E-state index in [9.17, 15) is 29.7 Å². The third-order valence-electron chi connectivity index (χ3n) is 5.53. The van der Waals surface area contributed by atoms with Gasteiger partial charge in [0.2, 0.25) is 5.91 Å². The molecule has 180 valence electrons. The molecule has 0 aromatic rings. The van der Waals surface area contributed by atoms with Gasteiger partial charge in [-0.05, 0) is 19.3 Å². The van der Waals surface area contributed by atoms with Crippen molar-refractivity contribution in [2.45, 2.75) is 115 Å². The van der Waals surface area contributed by atoms with Gasteiger partial charge in [0.05, 0.1) is 0 Å². The zero-order chi connectivity index (χ0) is 23.4. The van der Waals surface area contributed by atoms with E-state index in [1.165, 1.54) is 0 Å². The number of nitrogens with one attached hydrogen (secondary N) is 1. The molecule has 1 rings (SSSR count). The van der Waals surface area contributed by atoms with E-state index >= 15 is 0 Å². The minimum absolute atomic E-state index is 0.0164. The van der Waals surface area contributed by atoms with Crippen LogP contribution >= 0.6 is 0 Å². The van der Waals surface area contributed by atoms with Gasteiger partial charge in [0.25, 0.3) is 0 Å². The molecule has 9 nitrogen and oxygen atoms in total. The van der Waals surface area contributed by atoms with Gasteiger partial charge in [0, 0.05) is 19.3 Å². The summed E-state index contributed by atoms with van der Waals surface area (Å²) in [5, 5.41) is 34.9. The molecule has 0 bridgehead atoms. The zero-order valence-corrected chi connectivity index (χ0v) is 19.0. The molecule has 0 aromatic heterocycles. The van der Waals surface area contributed by atoms with Crippen LogP contribution in [-0.2, 0) is 23.9 Å². The second kappa shape index (κ2) is 13.8. The summed E-state index contributed by atoms with van der Waals surface area (Å²) in [6, 6.07) is -1.39. The van der Waals surface area contributed by atoms with Gasteiger partial charge in [-0.25, -0.2) is 0 Å². The Morgan fingerprint density at radius 1 is 0.935 bits per heavy atom. The van der Waals surface area contributed by atoms with Crippen LogP contribution in [0.15, 0.2) is 0 Å². The third kappa shape index (κ3) is 7.82. The fourth-order valence-electron chi connectivity index (χ4n) is 3.62. The molecule has 1 aliphatic rings. The van der Waals surface area contributed by atoms with Crippen LogP contribution in [0.4, 0.5) is 0 Å². The number of aliphatic hydroxyl groups is 3. The van der Waals surface area contributed by atoms with Crippen molar-refractivity contribution in [1.82, 2.24) is 5.32 Å². The Labute approximate surface area is 184 Å². The summed E-state index contributed by atoms with van der Waals surface area (Å²) in [6.07, 6.45) is 0.482. The number of hydrogen-bond donors (Lipinski definition) is 4. The topological polar surface area (TPSA) is 142 Å². The van der Waals surface area contributed by atoms with Crippen molar-refractivity contribution in [1.29, 1.82) is 0 Å². The summed E-state index contributed by atoms with van der Waals surface area (Å²) >= 11 is 0. The van der Waals surface area contributed by atoms with Crippen molar-refractivity contribution in [3.63, 3.8) is 0 Å². The first-order valence-electron chi connectivity index (χ1n) is 11.4. The molecule has 0 aliphatic carbocycles. The van der Waals surface area contributed by atoms with Crippen LogP contribution in [0.25, 0.3) is 0 Å². The molecule has 0 aromatic carbocycles. The highest BCUT2D eigenvalue weighted by molar-refractivity contribution is 5.89. The summed E-state index contributed by atoms with van der Waals surface area (Å²) < 4.78 is 10.6. The molecule has 31 heavy (non-hydrogen) atoms. The number of carbonyl (C=O) groups is 3. The molecule has 4 N–H and O–H groups in total. The van der Waals surface area contributed by atoms with Gasteiger partial charge >= 0.3 is 5.97 Å². The van der Waals surface area contributed by atoms with Crippen LogP contribution in [0.2, 0.25) is 0 Å². The average molecular weight is 446 g/mol. The monoisotopic (exact) mass is 445 g/mol. The maximum Gasteiger partial charge on any atom is 0.305 e. The Morgan fingerprint density at radius 3 is 2.13 bits per heavy atom. The summed E-state index contributed by atoms with van der Waals surface area (Å²) in [4.78, 5) is 36.9. The van der Waals surface area contributed by atoms with E-state index < -0.39 is 54.4 Å². The first-order valence-corrected chi connectivity index (χ1v) is 11.4. The molecule has 0 radical (unpaired) electrons. The summed E-state index contributed by atoms with van der Waals surface area (Å²) in [5.74, 6) is -1.64. The smallest absolute Gasteiger partial charge is 0.305 e. The van der Waals surface area contributed by atoms with Crippen LogP contribution < -0.4 is 5.32 Å². The van der Waals surface area contributed by atoms with Crippen LogP contribution in [0.5, 0.6) is 0 Å². The molecule has 0 saturated carbocycles. The molecule has 1 unspecified atom stereocenters. The van der Waals surface area contributed by atoms with E-state index in [0.717, 1.165) is 25.7 Å². The lowest BCUT2D eigenvalue weighted by Crippen LogP contribution is -2.73. The number of rotatable bonds is 14. The van der Waals surface area contributed by atoms with Gasteiger partial charge in [-0.3, -0.25) is 14.4 Å². The van der Waals surface area contributed by atoms with Crippen LogP contribution in [-0.4, -0.2) is 69.7 Å². The molecule has 1 aliphatic heterocycles. The van der Waals surface area contributed by atoms with E-state index in [1.54, 1.807) is 6.92 Å². The summed E-state index contributed by atoms with van der Waals surface area (Å²) in [5.41, 5.74) is -2.43. The maximum atomic E-state index is 12.9. The molecule has 9 heteroatoms. The van der Waals surface area contributed by atoms with Crippen LogP contribution in [0, 0.1) is 0 Å². The number of unbranched alkanes of at least 4 members (excludes halogenated alkanes) is 4. The SMILES string of the molecule is CCCCCC(=O)OC[C@H]1OC(O)[C@H](NC(=O)CCC)[C@@H](O)[C@@]1(O)C(=O)CCCCC. The third-order valence-corrected chi connectivity index (χ3v) is 5.53. The molecule has 1 saturated heterocycles. The number of ether oxygens (including phenoxy) is 2. The van der Waals surface area contributed by atoms with Crippen molar-refractivity contribution in [3.05, 3.63) is 0 Å². The number of carbonyl (C=O) groups excluding carboxylic acids is 3. The Bertz CT molecular complexity index is 584. The first kappa shape index (κ1) is 27.5. The number of ketones is 1. The molecular formula is C22H39NO8. The van der Waals surface area contributed by atoms with Gasteiger partial charge < -0.3 is 30.1 Å². The molecular weight excluding hydrogens is 406 g/mol. The zero-order valence-electron chi connectivity index (χ0n) is 19.0. The summed E-state index contributed by atoms with van der Waals surface area (Å²) in [7, 11) is 0.